The molecule has 1 aromatic carbocycles. The molecular formula is C19H26N2O3S2. The Morgan fingerprint density at radius 2 is 1.96 bits per heavy atom. The SMILES string of the molecule is CC[C@H](C)C(=O)N=C1S[C@H]2CS(=O)(=O)C[C@@H]2N1c1ccccc1C(C)C. The van der Waals surface area contributed by atoms with Crippen LogP contribution >= 0.6 is 11.8 Å². The van der Waals surface area contributed by atoms with Crippen molar-refractivity contribution >= 4 is 38.4 Å². The molecule has 3 atom stereocenters. The minimum atomic E-state index is -3.05. The number of benzene rings is 1. The number of amidine groups is 1. The maximum absolute atomic E-state index is 12.4. The van der Waals surface area contributed by atoms with Gasteiger partial charge in [0.1, 0.15) is 0 Å². The number of carbonyl (C=O) groups is 1. The average molecular weight is 395 g/mol. The van der Waals surface area contributed by atoms with Crippen LogP contribution in [-0.4, -0.2) is 42.3 Å². The summed E-state index contributed by atoms with van der Waals surface area (Å²) in [5, 5.41) is 0.581. The predicted octanol–water partition coefficient (Wildman–Crippen LogP) is 3.46. The largest absolute Gasteiger partial charge is 0.315 e. The number of anilines is 1. The van der Waals surface area contributed by atoms with E-state index in [2.05, 4.69) is 24.9 Å². The smallest absolute Gasteiger partial charge is 0.250 e. The number of rotatable bonds is 4. The van der Waals surface area contributed by atoms with Crippen LogP contribution in [0.25, 0.3) is 0 Å². The number of hydrogen-bond acceptors (Lipinski definition) is 4. The number of aliphatic imine (C=N–C) groups is 1. The molecule has 3 rings (SSSR count). The van der Waals surface area contributed by atoms with E-state index in [4.69, 9.17) is 0 Å². The van der Waals surface area contributed by atoms with Crippen LogP contribution < -0.4 is 4.90 Å². The second-order valence-corrected chi connectivity index (χ2v) is 10.8. The minimum Gasteiger partial charge on any atom is -0.315 e. The summed E-state index contributed by atoms with van der Waals surface area (Å²) in [5.74, 6) is 0.298. The fourth-order valence-electron chi connectivity index (χ4n) is 3.42. The second-order valence-electron chi connectivity index (χ2n) is 7.43. The van der Waals surface area contributed by atoms with Gasteiger partial charge in [-0.05, 0) is 24.0 Å². The molecule has 0 aliphatic carbocycles. The molecule has 2 heterocycles. The van der Waals surface area contributed by atoms with Gasteiger partial charge in [-0.1, -0.05) is 57.7 Å². The number of thioether (sulfide) groups is 1. The maximum Gasteiger partial charge on any atom is 0.250 e. The molecule has 2 fully saturated rings. The van der Waals surface area contributed by atoms with Gasteiger partial charge in [0.15, 0.2) is 15.0 Å². The molecular weight excluding hydrogens is 368 g/mol. The molecule has 0 bridgehead atoms. The van der Waals surface area contributed by atoms with Crippen molar-refractivity contribution in [3.8, 4) is 0 Å². The molecule has 0 saturated carbocycles. The molecule has 26 heavy (non-hydrogen) atoms. The molecule has 1 aromatic rings. The summed E-state index contributed by atoms with van der Waals surface area (Å²) in [5.41, 5.74) is 2.11. The monoisotopic (exact) mass is 394 g/mol. The van der Waals surface area contributed by atoms with Gasteiger partial charge in [0, 0.05) is 16.9 Å². The van der Waals surface area contributed by atoms with Gasteiger partial charge in [0.05, 0.1) is 17.5 Å². The van der Waals surface area contributed by atoms with Crippen LogP contribution in [0.1, 0.15) is 45.6 Å². The van der Waals surface area contributed by atoms with Crippen molar-refractivity contribution in [2.24, 2.45) is 10.9 Å². The minimum absolute atomic E-state index is 0.0660. The molecule has 2 aliphatic heterocycles. The lowest BCUT2D eigenvalue weighted by atomic mass is 9.99. The van der Waals surface area contributed by atoms with E-state index in [9.17, 15) is 13.2 Å². The zero-order valence-corrected chi connectivity index (χ0v) is 17.3. The molecule has 2 saturated heterocycles. The lowest BCUT2D eigenvalue weighted by Gasteiger charge is -2.28. The van der Waals surface area contributed by atoms with Crippen molar-refractivity contribution < 1.29 is 13.2 Å². The van der Waals surface area contributed by atoms with Gasteiger partial charge in [-0.3, -0.25) is 4.79 Å². The Morgan fingerprint density at radius 1 is 1.27 bits per heavy atom. The number of hydrogen-bond donors (Lipinski definition) is 0. The fourth-order valence-corrected chi connectivity index (χ4v) is 7.33. The van der Waals surface area contributed by atoms with Gasteiger partial charge in [-0.2, -0.15) is 4.99 Å². The highest BCUT2D eigenvalue weighted by atomic mass is 32.2. The Bertz CT molecular complexity index is 833. The molecule has 142 valence electrons. The summed E-state index contributed by atoms with van der Waals surface area (Å²) < 4.78 is 24.4. The number of nitrogens with zero attached hydrogens (tertiary/aromatic N) is 2. The molecule has 0 aromatic heterocycles. The van der Waals surface area contributed by atoms with Crippen molar-refractivity contribution in [3.63, 3.8) is 0 Å². The van der Waals surface area contributed by atoms with Crippen molar-refractivity contribution in [2.45, 2.75) is 51.3 Å². The first kappa shape index (κ1) is 19.4. The standard InChI is InChI=1S/C19H26N2O3S2/c1-5-13(4)18(22)20-19-21(15-9-7-6-8-14(15)12(2)3)16-10-26(23,24)11-17(16)25-19/h6-9,12-13,16-17H,5,10-11H2,1-4H3/t13-,16-,17-/m0/s1. The van der Waals surface area contributed by atoms with Crippen LogP contribution in [0.2, 0.25) is 0 Å². The van der Waals surface area contributed by atoms with E-state index in [0.717, 1.165) is 17.7 Å². The van der Waals surface area contributed by atoms with Gasteiger partial charge < -0.3 is 4.90 Å². The summed E-state index contributed by atoms with van der Waals surface area (Å²) in [4.78, 5) is 18.8. The predicted molar refractivity (Wildman–Crippen MR) is 109 cm³/mol. The molecule has 1 amide bonds. The number of para-hydroxylation sites is 1. The molecule has 5 nitrogen and oxygen atoms in total. The fraction of sp³-hybridized carbons (Fsp3) is 0.579. The van der Waals surface area contributed by atoms with Gasteiger partial charge >= 0.3 is 0 Å². The highest BCUT2D eigenvalue weighted by molar-refractivity contribution is 8.16. The summed E-state index contributed by atoms with van der Waals surface area (Å²) >= 11 is 1.44. The van der Waals surface area contributed by atoms with Crippen molar-refractivity contribution in [2.75, 3.05) is 16.4 Å². The molecule has 0 unspecified atom stereocenters. The number of amides is 1. The van der Waals surface area contributed by atoms with E-state index < -0.39 is 9.84 Å². The second kappa shape index (κ2) is 7.35. The molecule has 2 aliphatic rings. The van der Waals surface area contributed by atoms with Crippen LogP contribution in [0.4, 0.5) is 5.69 Å². The summed E-state index contributed by atoms with van der Waals surface area (Å²) in [6.07, 6.45) is 0.740. The van der Waals surface area contributed by atoms with E-state index in [1.165, 1.54) is 11.8 Å². The number of fused-ring (bicyclic) bond motifs is 1. The highest BCUT2D eigenvalue weighted by Crippen LogP contribution is 2.43. The van der Waals surface area contributed by atoms with Gasteiger partial charge in [-0.15, -0.1) is 0 Å². The van der Waals surface area contributed by atoms with Gasteiger partial charge in [-0.25, -0.2) is 8.42 Å². The Labute approximate surface area is 160 Å². The Hall–Kier alpha value is -1.34. The topological polar surface area (TPSA) is 66.8 Å². The van der Waals surface area contributed by atoms with Crippen molar-refractivity contribution in [1.82, 2.24) is 0 Å². The summed E-state index contributed by atoms with van der Waals surface area (Å²) in [6.45, 7) is 8.08. The van der Waals surface area contributed by atoms with Crippen LogP contribution in [0.3, 0.4) is 0 Å². The van der Waals surface area contributed by atoms with Crippen molar-refractivity contribution in [3.05, 3.63) is 29.8 Å². The van der Waals surface area contributed by atoms with E-state index in [-0.39, 0.29) is 34.6 Å². The summed E-state index contributed by atoms with van der Waals surface area (Å²) in [6, 6.07) is 7.86. The lowest BCUT2D eigenvalue weighted by Crippen LogP contribution is -2.38. The Balaban J connectivity index is 2.07. The van der Waals surface area contributed by atoms with Crippen LogP contribution in [0.15, 0.2) is 29.3 Å². The van der Waals surface area contributed by atoms with Gasteiger partial charge in [0.2, 0.25) is 0 Å². The maximum atomic E-state index is 12.4. The molecule has 7 heteroatoms. The first-order chi connectivity index (χ1) is 12.2. The van der Waals surface area contributed by atoms with Crippen LogP contribution in [-0.2, 0) is 14.6 Å². The number of carbonyl (C=O) groups excluding carboxylic acids is 1. The van der Waals surface area contributed by atoms with Crippen molar-refractivity contribution in [1.29, 1.82) is 0 Å². The Kier molecular flexibility index (Phi) is 5.49. The average Bonchev–Trinajstić information content (AvgIpc) is 3.04. The van der Waals surface area contributed by atoms with Crippen LogP contribution in [0.5, 0.6) is 0 Å². The van der Waals surface area contributed by atoms with E-state index in [0.29, 0.717) is 11.1 Å². The van der Waals surface area contributed by atoms with Crippen LogP contribution in [0, 0.1) is 5.92 Å². The van der Waals surface area contributed by atoms with Gasteiger partial charge in [0.25, 0.3) is 5.91 Å². The van der Waals surface area contributed by atoms with E-state index >= 15 is 0 Å². The lowest BCUT2D eigenvalue weighted by molar-refractivity contribution is -0.121. The molecule has 0 N–H and O–H groups in total. The van der Waals surface area contributed by atoms with E-state index in [1.807, 2.05) is 36.9 Å². The van der Waals surface area contributed by atoms with E-state index in [1.54, 1.807) is 0 Å². The third-order valence-electron chi connectivity index (χ3n) is 5.12. The quantitative estimate of drug-likeness (QED) is 0.782. The molecule has 0 radical (unpaired) electrons. The first-order valence-corrected chi connectivity index (χ1v) is 11.8. The highest BCUT2D eigenvalue weighted by Gasteiger charge is 2.49. The third kappa shape index (κ3) is 3.69. The first-order valence-electron chi connectivity index (χ1n) is 9.11. The summed E-state index contributed by atoms with van der Waals surface area (Å²) in [7, 11) is -3.05. The Morgan fingerprint density at radius 3 is 2.62 bits per heavy atom. The normalized spacial score (nSPS) is 27.1. The molecule has 0 spiro atoms. The third-order valence-corrected chi connectivity index (χ3v) is 8.33. The zero-order chi connectivity index (χ0) is 19.1. The number of sulfone groups is 1. The zero-order valence-electron chi connectivity index (χ0n) is 15.7.